The molecule has 0 bridgehead atoms. The number of nitrogens with one attached hydrogen (secondary N) is 2. The summed E-state index contributed by atoms with van der Waals surface area (Å²) in [6, 6.07) is 19.4. The van der Waals surface area contributed by atoms with Crippen molar-refractivity contribution in [2.45, 2.75) is 70.1 Å². The molecule has 2 aromatic heterocycles. The lowest BCUT2D eigenvalue weighted by Gasteiger charge is -2.33. The standard InChI is InChI=1S/C30H36N6O3S2/c37-24(19-20-11-3-1-4-12-20)31-29-35-33-25(40-29)17-9-10-18-26-34-36-30(41-26)32-28(39)23-16-8-7-15-22(23)27(38)21-13-5-2-6-14-21/h1-6,11-14,22-24,27,37-38H,7-10,15-19H2,(H,31,35)(H,32,36,39)/t22-,23-,24?,27?/m1/s1. The molecule has 0 saturated heterocycles. The lowest BCUT2D eigenvalue weighted by molar-refractivity contribution is -0.124. The molecular formula is C30H36N6O3S2. The first-order valence-electron chi connectivity index (χ1n) is 14.2. The van der Waals surface area contributed by atoms with E-state index in [2.05, 4.69) is 31.0 Å². The number of aromatic nitrogens is 4. The Morgan fingerprint density at radius 3 is 2.15 bits per heavy atom. The van der Waals surface area contributed by atoms with Gasteiger partial charge in [0.2, 0.25) is 16.2 Å². The number of hydrogen-bond donors (Lipinski definition) is 4. The van der Waals surface area contributed by atoms with E-state index in [0.717, 1.165) is 72.5 Å². The average molecular weight is 593 g/mol. The number of unbranched alkanes of at least 4 members (excludes halogenated alkanes) is 1. The van der Waals surface area contributed by atoms with Crippen LogP contribution >= 0.6 is 22.7 Å². The van der Waals surface area contributed by atoms with Crippen molar-refractivity contribution in [2.75, 3.05) is 10.6 Å². The third-order valence-electron chi connectivity index (χ3n) is 7.46. The van der Waals surface area contributed by atoms with E-state index in [9.17, 15) is 15.0 Å². The molecule has 1 amide bonds. The van der Waals surface area contributed by atoms with Crippen LogP contribution in [0.1, 0.15) is 65.8 Å². The van der Waals surface area contributed by atoms with Gasteiger partial charge in [0.15, 0.2) is 0 Å². The zero-order valence-electron chi connectivity index (χ0n) is 22.9. The highest BCUT2D eigenvalue weighted by molar-refractivity contribution is 7.15. The van der Waals surface area contributed by atoms with Gasteiger partial charge in [0.25, 0.3) is 0 Å². The Balaban J connectivity index is 1.04. The second-order valence-corrected chi connectivity index (χ2v) is 12.6. The first-order chi connectivity index (χ1) is 20.0. The van der Waals surface area contributed by atoms with E-state index in [1.165, 1.54) is 22.7 Å². The van der Waals surface area contributed by atoms with Gasteiger partial charge >= 0.3 is 0 Å². The minimum Gasteiger partial charge on any atom is -0.388 e. The third-order valence-corrected chi connectivity index (χ3v) is 9.27. The van der Waals surface area contributed by atoms with E-state index in [4.69, 9.17) is 0 Å². The lowest BCUT2D eigenvalue weighted by Crippen LogP contribution is -2.35. The molecule has 41 heavy (non-hydrogen) atoms. The first-order valence-corrected chi connectivity index (χ1v) is 15.9. The maximum absolute atomic E-state index is 13.2. The zero-order valence-corrected chi connectivity index (χ0v) is 24.5. The van der Waals surface area contributed by atoms with Gasteiger partial charge in [0, 0.05) is 31.1 Å². The Morgan fingerprint density at radius 1 is 0.829 bits per heavy atom. The van der Waals surface area contributed by atoms with Crippen molar-refractivity contribution in [3.8, 4) is 0 Å². The van der Waals surface area contributed by atoms with Crippen LogP contribution in [0.15, 0.2) is 60.7 Å². The van der Waals surface area contributed by atoms with Crippen molar-refractivity contribution in [2.24, 2.45) is 11.8 Å². The van der Waals surface area contributed by atoms with Crippen molar-refractivity contribution < 1.29 is 15.0 Å². The molecule has 5 rings (SSSR count). The smallest absolute Gasteiger partial charge is 0.229 e. The molecule has 0 spiro atoms. The summed E-state index contributed by atoms with van der Waals surface area (Å²) < 4.78 is 0. The zero-order chi connectivity index (χ0) is 28.4. The monoisotopic (exact) mass is 592 g/mol. The Labute approximate surface area is 248 Å². The molecule has 9 nitrogen and oxygen atoms in total. The van der Waals surface area contributed by atoms with Crippen molar-refractivity contribution in [1.29, 1.82) is 0 Å². The fourth-order valence-electron chi connectivity index (χ4n) is 5.36. The van der Waals surface area contributed by atoms with Crippen molar-refractivity contribution in [3.63, 3.8) is 0 Å². The second kappa shape index (κ2) is 14.6. The third kappa shape index (κ3) is 8.38. The summed E-state index contributed by atoms with van der Waals surface area (Å²) in [7, 11) is 0. The molecule has 2 aromatic carbocycles. The average Bonchev–Trinajstić information content (AvgIpc) is 3.64. The van der Waals surface area contributed by atoms with Gasteiger partial charge in [-0.3, -0.25) is 4.79 Å². The summed E-state index contributed by atoms with van der Waals surface area (Å²) in [6.45, 7) is 0. The number of nitrogens with zero attached hydrogens (tertiary/aromatic N) is 4. The number of carbonyl (C=O) groups is 1. The van der Waals surface area contributed by atoms with Crippen LogP contribution in [0.5, 0.6) is 0 Å². The maximum Gasteiger partial charge on any atom is 0.229 e. The molecule has 11 heteroatoms. The summed E-state index contributed by atoms with van der Waals surface area (Å²) in [5.74, 6) is -0.444. The van der Waals surface area contributed by atoms with Gasteiger partial charge in [-0.15, -0.1) is 20.4 Å². The van der Waals surface area contributed by atoms with Gasteiger partial charge in [0.1, 0.15) is 16.2 Å². The van der Waals surface area contributed by atoms with Crippen LogP contribution in [-0.2, 0) is 24.1 Å². The van der Waals surface area contributed by atoms with Crippen molar-refractivity contribution >= 4 is 38.8 Å². The number of carbonyl (C=O) groups excluding carboxylic acids is 1. The van der Waals surface area contributed by atoms with E-state index < -0.39 is 12.3 Å². The summed E-state index contributed by atoms with van der Waals surface area (Å²) in [5, 5.41) is 47.1. The fraction of sp³-hybridized carbons (Fsp3) is 0.433. The normalized spacial score (nSPS) is 18.5. The van der Waals surface area contributed by atoms with E-state index in [0.29, 0.717) is 16.7 Å². The summed E-state index contributed by atoms with van der Waals surface area (Å²) >= 11 is 2.87. The number of aryl methyl sites for hydroxylation is 2. The highest BCUT2D eigenvalue weighted by Gasteiger charge is 2.36. The fourth-order valence-corrected chi connectivity index (χ4v) is 6.97. The number of aliphatic hydroxyl groups excluding tert-OH is 2. The molecule has 4 aromatic rings. The van der Waals surface area contributed by atoms with E-state index >= 15 is 0 Å². The minimum atomic E-state index is -0.719. The van der Waals surface area contributed by atoms with Crippen LogP contribution in [-0.4, -0.2) is 42.7 Å². The van der Waals surface area contributed by atoms with Crippen LogP contribution in [0, 0.1) is 11.8 Å². The molecule has 0 aliphatic heterocycles. The molecule has 1 saturated carbocycles. The Morgan fingerprint density at radius 2 is 1.44 bits per heavy atom. The number of rotatable bonds is 13. The van der Waals surface area contributed by atoms with Crippen LogP contribution in [0.4, 0.5) is 10.3 Å². The predicted molar refractivity (Wildman–Crippen MR) is 162 cm³/mol. The van der Waals surface area contributed by atoms with Gasteiger partial charge in [-0.1, -0.05) is 96.2 Å². The first kappa shape index (κ1) is 29.2. The van der Waals surface area contributed by atoms with Gasteiger partial charge in [-0.2, -0.15) is 0 Å². The maximum atomic E-state index is 13.2. The van der Waals surface area contributed by atoms with Crippen molar-refractivity contribution in [3.05, 3.63) is 81.8 Å². The van der Waals surface area contributed by atoms with Crippen LogP contribution in [0.2, 0.25) is 0 Å². The number of amides is 1. The van der Waals surface area contributed by atoms with Gasteiger partial charge in [0.05, 0.1) is 6.10 Å². The Bertz CT molecular complexity index is 1370. The minimum absolute atomic E-state index is 0.0815. The topological polar surface area (TPSA) is 133 Å². The second-order valence-electron chi connectivity index (χ2n) is 10.5. The molecular weight excluding hydrogens is 557 g/mol. The Kier molecular flexibility index (Phi) is 10.4. The highest BCUT2D eigenvalue weighted by atomic mass is 32.1. The van der Waals surface area contributed by atoms with Crippen LogP contribution < -0.4 is 10.6 Å². The van der Waals surface area contributed by atoms with Crippen molar-refractivity contribution in [1.82, 2.24) is 20.4 Å². The number of aliphatic hydroxyl groups is 2. The number of anilines is 2. The molecule has 4 atom stereocenters. The largest absolute Gasteiger partial charge is 0.388 e. The Hall–Kier alpha value is -3.25. The van der Waals surface area contributed by atoms with E-state index in [-0.39, 0.29) is 17.7 Å². The highest BCUT2D eigenvalue weighted by Crippen LogP contribution is 2.39. The quantitative estimate of drug-likeness (QED) is 0.120. The SMILES string of the molecule is O=C(Nc1nnc(CCCCc2nnc(NC(O)Cc3ccccc3)s2)s1)[C@@H]1CCCC[C@H]1C(O)c1ccccc1. The van der Waals surface area contributed by atoms with E-state index in [1.807, 2.05) is 60.7 Å². The van der Waals surface area contributed by atoms with Crippen LogP contribution in [0.3, 0.4) is 0 Å². The van der Waals surface area contributed by atoms with Gasteiger partial charge in [-0.05, 0) is 36.8 Å². The summed E-state index contributed by atoms with van der Waals surface area (Å²) in [4.78, 5) is 13.2. The predicted octanol–water partition coefficient (Wildman–Crippen LogP) is 5.41. The molecule has 1 fully saturated rings. The van der Waals surface area contributed by atoms with Gasteiger partial charge in [-0.25, -0.2) is 0 Å². The summed E-state index contributed by atoms with van der Waals surface area (Å²) in [6.07, 6.45) is 6.12. The van der Waals surface area contributed by atoms with E-state index in [1.54, 1.807) is 0 Å². The molecule has 0 radical (unpaired) electrons. The molecule has 4 N–H and O–H groups in total. The van der Waals surface area contributed by atoms with Gasteiger partial charge < -0.3 is 20.8 Å². The molecule has 1 aliphatic rings. The van der Waals surface area contributed by atoms with Crippen LogP contribution in [0.25, 0.3) is 0 Å². The lowest BCUT2D eigenvalue weighted by atomic mass is 9.74. The number of benzene rings is 2. The molecule has 216 valence electrons. The molecule has 2 heterocycles. The molecule has 2 unspecified atom stereocenters. The molecule has 1 aliphatic carbocycles. The number of hydrogen-bond acceptors (Lipinski definition) is 10. The summed E-state index contributed by atoms with van der Waals surface area (Å²) in [5.41, 5.74) is 1.91.